The molecule has 1 fully saturated rings. The lowest BCUT2D eigenvalue weighted by atomic mass is 9.77. The first-order chi connectivity index (χ1) is 12.9. The Morgan fingerprint density at radius 3 is 2.70 bits per heavy atom. The number of carbonyl (C=O) groups is 2. The highest BCUT2D eigenvalue weighted by Crippen LogP contribution is 2.36. The molecule has 0 aromatic heterocycles. The summed E-state index contributed by atoms with van der Waals surface area (Å²) in [6, 6.07) is 3.81. The fraction of sp³-hybridized carbons (Fsp3) is 0.476. The van der Waals surface area contributed by atoms with Crippen molar-refractivity contribution < 1.29 is 14.7 Å². The van der Waals surface area contributed by atoms with Crippen LogP contribution in [0.5, 0.6) is 5.75 Å². The Hall–Kier alpha value is -2.14. The number of amides is 2. The Labute approximate surface area is 164 Å². The van der Waals surface area contributed by atoms with Crippen LogP contribution in [0.15, 0.2) is 35.3 Å². The fourth-order valence-corrected chi connectivity index (χ4v) is 4.19. The minimum atomic E-state index is -0.519. The lowest BCUT2D eigenvalue weighted by Crippen LogP contribution is -2.44. The van der Waals surface area contributed by atoms with Crippen LogP contribution in [0.3, 0.4) is 0 Å². The highest BCUT2D eigenvalue weighted by molar-refractivity contribution is 6.32. The number of allylic oxidation sites excluding steroid dienone is 1. The molecule has 0 bridgehead atoms. The summed E-state index contributed by atoms with van der Waals surface area (Å²) in [5.74, 6) is -0.0826. The third-order valence-corrected chi connectivity index (χ3v) is 5.86. The van der Waals surface area contributed by atoms with Gasteiger partial charge in [0.1, 0.15) is 11.5 Å². The van der Waals surface area contributed by atoms with Crippen molar-refractivity contribution in [2.24, 2.45) is 16.8 Å². The highest BCUT2D eigenvalue weighted by Gasteiger charge is 2.38. The molecule has 0 spiro atoms. The van der Waals surface area contributed by atoms with E-state index in [2.05, 4.69) is 16.9 Å². The van der Waals surface area contributed by atoms with Gasteiger partial charge in [-0.15, -0.1) is 0 Å². The van der Waals surface area contributed by atoms with Crippen LogP contribution in [0.2, 0.25) is 5.02 Å². The van der Waals surface area contributed by atoms with E-state index in [0.29, 0.717) is 30.0 Å². The molecule has 2 amide bonds. The van der Waals surface area contributed by atoms with Gasteiger partial charge in [0.25, 0.3) is 0 Å². The smallest absolute Gasteiger partial charge is 0.341 e. The lowest BCUT2D eigenvalue weighted by Gasteiger charge is -2.33. The summed E-state index contributed by atoms with van der Waals surface area (Å²) < 4.78 is 0. The van der Waals surface area contributed by atoms with Crippen LogP contribution in [0, 0.1) is 11.8 Å². The zero-order valence-electron chi connectivity index (χ0n) is 15.5. The number of benzene rings is 1. The largest absolute Gasteiger partial charge is 0.506 e. The third kappa shape index (κ3) is 4.41. The van der Waals surface area contributed by atoms with E-state index in [1.807, 2.05) is 6.92 Å². The number of hydrogen-bond acceptors (Lipinski definition) is 3. The summed E-state index contributed by atoms with van der Waals surface area (Å²) in [7, 11) is 0. The van der Waals surface area contributed by atoms with Crippen LogP contribution >= 0.6 is 11.6 Å². The molecule has 2 unspecified atom stereocenters. The molecule has 1 aliphatic heterocycles. The van der Waals surface area contributed by atoms with E-state index in [1.54, 1.807) is 12.1 Å². The van der Waals surface area contributed by atoms with Crippen LogP contribution in [0.4, 0.5) is 4.79 Å². The van der Waals surface area contributed by atoms with Crippen LogP contribution in [0.1, 0.15) is 57.1 Å². The van der Waals surface area contributed by atoms with Crippen molar-refractivity contribution in [1.29, 1.82) is 0 Å². The minimum Gasteiger partial charge on any atom is -0.506 e. The average molecular weight is 389 g/mol. The topological polar surface area (TPSA) is 78.8 Å². The number of halogens is 1. The minimum absolute atomic E-state index is 0.0303. The van der Waals surface area contributed by atoms with E-state index in [9.17, 15) is 14.7 Å². The summed E-state index contributed by atoms with van der Waals surface area (Å²) in [6.07, 6.45) is 4.94. The fourth-order valence-electron chi connectivity index (χ4n) is 4.01. The van der Waals surface area contributed by atoms with E-state index >= 15 is 0 Å². The number of hydrogen-bond donors (Lipinski definition) is 2. The first-order valence-electron chi connectivity index (χ1n) is 9.44. The second kappa shape index (κ2) is 8.26. The van der Waals surface area contributed by atoms with Gasteiger partial charge < -0.3 is 10.4 Å². The molecule has 3 rings (SSSR count). The normalized spacial score (nSPS) is 23.7. The number of nitrogens with zero attached hydrogens (tertiary/aromatic N) is 1. The number of rotatable bonds is 5. The van der Waals surface area contributed by atoms with Crippen molar-refractivity contribution in [3.8, 4) is 5.75 Å². The SMILES string of the molecule is C=C1CCC(CC(=O)C2C(CC)=NC(=O)NC2c2ccc(O)c(Cl)c2)CC1. The number of aliphatic imine (C=N–C) groups is 1. The number of ketones is 1. The Kier molecular flexibility index (Phi) is 6.00. The van der Waals surface area contributed by atoms with Gasteiger partial charge in [-0.1, -0.05) is 36.7 Å². The van der Waals surface area contributed by atoms with Gasteiger partial charge in [0, 0.05) is 12.1 Å². The maximum Gasteiger partial charge on any atom is 0.341 e. The number of phenols is 1. The standard InChI is InChI=1S/C21H25ClN2O3/c1-3-16-19(18(26)10-13-6-4-12(2)5-7-13)20(24-21(27)23-16)14-8-9-17(25)15(22)11-14/h8-9,11,13,19-20,25H,2-7,10H2,1H3,(H,24,27). The van der Waals surface area contributed by atoms with Gasteiger partial charge in [-0.25, -0.2) is 9.79 Å². The van der Waals surface area contributed by atoms with Gasteiger partial charge in [-0.05, 0) is 55.7 Å². The average Bonchev–Trinajstić information content (AvgIpc) is 2.65. The van der Waals surface area contributed by atoms with Crippen LogP contribution in [-0.2, 0) is 4.79 Å². The number of Topliss-reactive ketones (excluding diaryl/α,β-unsaturated/α-hetero) is 1. The van der Waals surface area contributed by atoms with Crippen LogP contribution in [-0.4, -0.2) is 22.6 Å². The third-order valence-electron chi connectivity index (χ3n) is 5.56. The van der Waals surface area contributed by atoms with Gasteiger partial charge in [-0.3, -0.25) is 4.79 Å². The van der Waals surface area contributed by atoms with E-state index < -0.39 is 18.0 Å². The molecular weight excluding hydrogens is 364 g/mol. The van der Waals surface area contributed by atoms with Crippen LogP contribution in [0.25, 0.3) is 0 Å². The first kappa shape index (κ1) is 19.6. The number of carbonyl (C=O) groups excluding carboxylic acids is 2. The number of urea groups is 1. The predicted octanol–water partition coefficient (Wildman–Crippen LogP) is 4.98. The molecule has 1 aromatic rings. The number of phenolic OH excluding ortho intramolecular Hbond substituents is 1. The lowest BCUT2D eigenvalue weighted by molar-refractivity contribution is -0.122. The Morgan fingerprint density at radius 2 is 2.07 bits per heavy atom. The van der Waals surface area contributed by atoms with E-state index in [4.69, 9.17) is 11.6 Å². The molecule has 6 heteroatoms. The Morgan fingerprint density at radius 1 is 1.37 bits per heavy atom. The van der Waals surface area contributed by atoms with Gasteiger partial charge >= 0.3 is 6.03 Å². The molecule has 5 nitrogen and oxygen atoms in total. The zero-order chi connectivity index (χ0) is 19.6. The molecule has 1 aliphatic carbocycles. The van der Waals surface area contributed by atoms with Crippen molar-refractivity contribution in [2.75, 3.05) is 0 Å². The molecular formula is C21H25ClN2O3. The van der Waals surface area contributed by atoms with E-state index in [-0.39, 0.29) is 16.6 Å². The monoisotopic (exact) mass is 388 g/mol. The summed E-state index contributed by atoms with van der Waals surface area (Å²) in [6.45, 7) is 5.94. The molecule has 1 heterocycles. The summed E-state index contributed by atoms with van der Waals surface area (Å²) in [5.41, 5.74) is 2.57. The first-order valence-corrected chi connectivity index (χ1v) is 9.82. The Bertz CT molecular complexity index is 793. The van der Waals surface area contributed by atoms with Gasteiger partial charge in [0.05, 0.1) is 17.0 Å². The highest BCUT2D eigenvalue weighted by atomic mass is 35.5. The molecule has 2 atom stereocenters. The molecule has 1 aromatic carbocycles. The summed E-state index contributed by atoms with van der Waals surface area (Å²) in [5, 5.41) is 12.7. The quantitative estimate of drug-likeness (QED) is 0.698. The van der Waals surface area contributed by atoms with Crippen LogP contribution < -0.4 is 5.32 Å². The van der Waals surface area contributed by atoms with Crippen molar-refractivity contribution in [1.82, 2.24) is 5.32 Å². The summed E-state index contributed by atoms with van der Waals surface area (Å²) >= 11 is 6.05. The molecule has 144 valence electrons. The zero-order valence-corrected chi connectivity index (χ0v) is 16.3. The molecule has 1 saturated carbocycles. The van der Waals surface area contributed by atoms with Crippen molar-refractivity contribution in [2.45, 2.75) is 51.5 Å². The van der Waals surface area contributed by atoms with E-state index in [1.165, 1.54) is 11.6 Å². The van der Waals surface area contributed by atoms with Gasteiger partial charge in [0.15, 0.2) is 0 Å². The molecule has 2 aliphatic rings. The maximum atomic E-state index is 13.2. The van der Waals surface area contributed by atoms with Crippen molar-refractivity contribution in [3.63, 3.8) is 0 Å². The number of aromatic hydroxyl groups is 1. The molecule has 2 N–H and O–H groups in total. The second-order valence-corrected chi connectivity index (χ2v) is 7.84. The predicted molar refractivity (Wildman–Crippen MR) is 106 cm³/mol. The van der Waals surface area contributed by atoms with Crippen molar-refractivity contribution in [3.05, 3.63) is 40.9 Å². The molecule has 27 heavy (non-hydrogen) atoms. The molecule has 0 saturated heterocycles. The molecule has 0 radical (unpaired) electrons. The second-order valence-electron chi connectivity index (χ2n) is 7.44. The summed E-state index contributed by atoms with van der Waals surface area (Å²) in [4.78, 5) is 29.4. The van der Waals surface area contributed by atoms with Gasteiger partial charge in [-0.2, -0.15) is 0 Å². The van der Waals surface area contributed by atoms with Gasteiger partial charge in [0.2, 0.25) is 0 Å². The number of nitrogens with one attached hydrogen (secondary N) is 1. The van der Waals surface area contributed by atoms with E-state index in [0.717, 1.165) is 25.7 Å². The maximum absolute atomic E-state index is 13.2. The van der Waals surface area contributed by atoms with Crippen molar-refractivity contribution >= 4 is 29.1 Å². The Balaban J connectivity index is 1.87.